The summed E-state index contributed by atoms with van der Waals surface area (Å²) in [7, 11) is 0. The fourth-order valence-electron chi connectivity index (χ4n) is 4.06. The first kappa shape index (κ1) is 28.9. The van der Waals surface area contributed by atoms with Gasteiger partial charge in [0.1, 0.15) is 17.4 Å². The van der Waals surface area contributed by atoms with Gasteiger partial charge in [-0.2, -0.15) is 0 Å². The number of anilines is 1. The molecule has 10 nitrogen and oxygen atoms in total. The third kappa shape index (κ3) is 7.92. The van der Waals surface area contributed by atoms with Crippen molar-refractivity contribution in [3.63, 3.8) is 0 Å². The van der Waals surface area contributed by atoms with E-state index in [1.807, 2.05) is 24.3 Å². The minimum atomic E-state index is -0.788. The molecule has 0 spiro atoms. The summed E-state index contributed by atoms with van der Waals surface area (Å²) in [5, 5.41) is 17.3. The van der Waals surface area contributed by atoms with Crippen LogP contribution in [0.25, 0.3) is 0 Å². The Morgan fingerprint density at radius 2 is 1.95 bits per heavy atom. The van der Waals surface area contributed by atoms with Crippen LogP contribution in [0.1, 0.15) is 69.8 Å². The van der Waals surface area contributed by atoms with E-state index in [0.717, 1.165) is 30.6 Å². The highest BCUT2D eigenvalue weighted by Gasteiger charge is 2.30. The van der Waals surface area contributed by atoms with E-state index in [1.54, 1.807) is 27.7 Å². The zero-order valence-electron chi connectivity index (χ0n) is 22.6. The van der Waals surface area contributed by atoms with E-state index in [1.165, 1.54) is 18.2 Å². The van der Waals surface area contributed by atoms with E-state index in [0.29, 0.717) is 6.61 Å². The molecule has 0 unspecified atom stereocenters. The van der Waals surface area contributed by atoms with E-state index in [2.05, 4.69) is 17.6 Å². The van der Waals surface area contributed by atoms with Crippen LogP contribution >= 0.6 is 0 Å². The number of nitro benzene ring substituents is 1. The maximum absolute atomic E-state index is 13.3. The van der Waals surface area contributed by atoms with Gasteiger partial charge in [-0.3, -0.25) is 14.9 Å². The smallest absolute Gasteiger partial charge is 0.328 e. The Bertz CT molecular complexity index is 1150. The Morgan fingerprint density at radius 3 is 2.63 bits per heavy atom. The predicted molar refractivity (Wildman–Crippen MR) is 143 cm³/mol. The van der Waals surface area contributed by atoms with Gasteiger partial charge in [-0.1, -0.05) is 38.0 Å². The van der Waals surface area contributed by atoms with Gasteiger partial charge in [-0.05, 0) is 46.2 Å². The van der Waals surface area contributed by atoms with Gasteiger partial charge in [0, 0.05) is 35.8 Å². The first-order valence-corrected chi connectivity index (χ1v) is 12.9. The number of carbonyl (C=O) groups excluding carboxylic acids is 2. The summed E-state index contributed by atoms with van der Waals surface area (Å²) in [6.07, 6.45) is 2.11. The van der Waals surface area contributed by atoms with Crippen molar-refractivity contribution < 1.29 is 28.7 Å². The summed E-state index contributed by atoms with van der Waals surface area (Å²) < 4.78 is 17.5. The molecule has 0 aliphatic carbocycles. The Hall–Kier alpha value is -3.66. The molecule has 38 heavy (non-hydrogen) atoms. The van der Waals surface area contributed by atoms with Crippen LogP contribution in [-0.4, -0.2) is 41.3 Å². The van der Waals surface area contributed by atoms with Gasteiger partial charge in [-0.25, -0.2) is 4.79 Å². The van der Waals surface area contributed by atoms with Crippen molar-refractivity contribution in [1.82, 2.24) is 5.32 Å². The molecule has 1 amide bonds. The number of non-ortho nitro benzene ring substituents is 1. The number of ether oxygens (including phenoxy) is 3. The lowest BCUT2D eigenvalue weighted by atomic mass is 10.00. The van der Waals surface area contributed by atoms with Crippen LogP contribution in [0, 0.1) is 16.0 Å². The molecule has 0 saturated heterocycles. The van der Waals surface area contributed by atoms with Crippen molar-refractivity contribution in [2.45, 2.75) is 78.4 Å². The molecule has 0 bridgehead atoms. The Labute approximate surface area is 223 Å². The number of amides is 1. The maximum atomic E-state index is 13.3. The largest absolute Gasteiger partial charge is 0.464 e. The minimum absolute atomic E-state index is 0.0553. The number of hydrogen-bond acceptors (Lipinski definition) is 8. The first-order valence-electron chi connectivity index (χ1n) is 12.9. The molecule has 2 aromatic rings. The highest BCUT2D eigenvalue weighted by molar-refractivity contribution is 6.01. The number of nitro groups is 1. The van der Waals surface area contributed by atoms with Crippen molar-refractivity contribution in [3.05, 3.63) is 63.7 Å². The van der Waals surface area contributed by atoms with Crippen LogP contribution in [0.15, 0.2) is 42.5 Å². The third-order valence-electron chi connectivity index (χ3n) is 6.05. The molecule has 1 aliphatic heterocycles. The van der Waals surface area contributed by atoms with Crippen molar-refractivity contribution in [2.75, 3.05) is 11.9 Å². The highest BCUT2D eigenvalue weighted by Crippen LogP contribution is 2.30. The van der Waals surface area contributed by atoms with E-state index < -0.39 is 34.7 Å². The number of nitrogens with zero attached hydrogens (tertiary/aromatic N) is 1. The Balaban J connectivity index is 1.76. The topological polar surface area (TPSA) is 129 Å². The number of fused-ring (bicyclic) bond motifs is 1. The molecule has 1 heterocycles. The quantitative estimate of drug-likeness (QED) is 0.232. The molecular weight excluding hydrogens is 490 g/mol. The second-order valence-corrected chi connectivity index (χ2v) is 10.4. The Kier molecular flexibility index (Phi) is 9.68. The van der Waals surface area contributed by atoms with Crippen LogP contribution in [0.2, 0.25) is 0 Å². The summed E-state index contributed by atoms with van der Waals surface area (Å²) in [5.74, 6) is -0.389. The molecule has 3 atom stereocenters. The van der Waals surface area contributed by atoms with E-state index in [9.17, 15) is 19.7 Å². The van der Waals surface area contributed by atoms with Crippen molar-refractivity contribution in [2.24, 2.45) is 5.92 Å². The molecule has 206 valence electrons. The van der Waals surface area contributed by atoms with Crippen molar-refractivity contribution in [3.8, 4) is 5.75 Å². The average Bonchev–Trinajstić information content (AvgIpc) is 2.87. The number of para-hydroxylation sites is 1. The molecule has 0 radical (unpaired) electrons. The zero-order valence-corrected chi connectivity index (χ0v) is 22.6. The molecule has 1 aliphatic rings. The SMILES string of the molecule is CCCC[C@@H](CNC(=O)c1cc([N+](=O)[O-])ccc1N[C@@H](C)C(=O)OC(C)(C)C)[C@H]1OCc2ccccc2O1. The number of esters is 1. The zero-order chi connectivity index (χ0) is 27.9. The number of unbranched alkanes of at least 4 members (excludes halogenated alkanes) is 1. The highest BCUT2D eigenvalue weighted by atomic mass is 16.7. The molecule has 0 aromatic heterocycles. The molecular formula is C28H37N3O7. The summed E-state index contributed by atoms with van der Waals surface area (Å²) in [4.78, 5) is 36.6. The molecule has 0 fully saturated rings. The van der Waals surface area contributed by atoms with Crippen LogP contribution in [0.4, 0.5) is 11.4 Å². The molecule has 2 aromatic carbocycles. The fourth-order valence-corrected chi connectivity index (χ4v) is 4.06. The lowest BCUT2D eigenvalue weighted by Gasteiger charge is -2.32. The van der Waals surface area contributed by atoms with E-state index in [4.69, 9.17) is 14.2 Å². The number of benzene rings is 2. The number of hydrogen-bond donors (Lipinski definition) is 2. The van der Waals surface area contributed by atoms with E-state index >= 15 is 0 Å². The van der Waals surface area contributed by atoms with Crippen LogP contribution < -0.4 is 15.4 Å². The summed E-state index contributed by atoms with van der Waals surface area (Å²) in [6, 6.07) is 10.8. The lowest BCUT2D eigenvalue weighted by Crippen LogP contribution is -2.41. The standard InChI is InChI=1S/C28H37N3O7/c1-6-7-10-19(27-36-17-20-11-8-9-12-24(20)37-27)16-29-25(32)22-15-21(31(34)35)13-14-23(22)30-18(2)26(33)38-28(3,4)5/h8-9,11-15,18-19,27,30H,6-7,10,16-17H2,1-5H3,(H,29,32)/t18-,19-,27-/m0/s1. The van der Waals surface area contributed by atoms with Crippen LogP contribution in [0.5, 0.6) is 5.75 Å². The molecule has 2 N–H and O–H groups in total. The second-order valence-electron chi connectivity index (χ2n) is 10.4. The predicted octanol–water partition coefficient (Wildman–Crippen LogP) is 5.21. The molecule has 3 rings (SSSR count). The van der Waals surface area contributed by atoms with Gasteiger partial charge < -0.3 is 24.8 Å². The van der Waals surface area contributed by atoms with Crippen molar-refractivity contribution in [1.29, 1.82) is 0 Å². The summed E-state index contributed by atoms with van der Waals surface area (Å²) in [6.45, 7) is 9.63. The minimum Gasteiger partial charge on any atom is -0.464 e. The monoisotopic (exact) mass is 527 g/mol. The summed E-state index contributed by atoms with van der Waals surface area (Å²) in [5.41, 5.74) is 0.396. The number of rotatable bonds is 11. The van der Waals surface area contributed by atoms with E-state index in [-0.39, 0.29) is 29.4 Å². The van der Waals surface area contributed by atoms with Crippen LogP contribution in [-0.2, 0) is 20.9 Å². The lowest BCUT2D eigenvalue weighted by molar-refractivity contribution is -0.384. The first-order chi connectivity index (χ1) is 18.0. The third-order valence-corrected chi connectivity index (χ3v) is 6.05. The van der Waals surface area contributed by atoms with Gasteiger partial charge in [0.05, 0.1) is 17.1 Å². The average molecular weight is 528 g/mol. The molecule has 10 heteroatoms. The number of carbonyl (C=O) groups is 2. The van der Waals surface area contributed by atoms with Crippen molar-refractivity contribution >= 4 is 23.3 Å². The van der Waals surface area contributed by atoms with Gasteiger partial charge in [-0.15, -0.1) is 0 Å². The second kappa shape index (κ2) is 12.7. The number of nitrogens with one attached hydrogen (secondary N) is 2. The van der Waals surface area contributed by atoms with Gasteiger partial charge >= 0.3 is 5.97 Å². The summed E-state index contributed by atoms with van der Waals surface area (Å²) >= 11 is 0. The Morgan fingerprint density at radius 1 is 1.21 bits per heavy atom. The van der Waals surface area contributed by atoms with Gasteiger partial charge in [0.15, 0.2) is 0 Å². The van der Waals surface area contributed by atoms with Gasteiger partial charge in [0.2, 0.25) is 6.29 Å². The maximum Gasteiger partial charge on any atom is 0.328 e. The fraction of sp³-hybridized carbons (Fsp3) is 0.500. The van der Waals surface area contributed by atoms with Crippen LogP contribution in [0.3, 0.4) is 0 Å². The van der Waals surface area contributed by atoms with Gasteiger partial charge in [0.25, 0.3) is 11.6 Å². The molecule has 0 saturated carbocycles. The normalized spacial score (nSPS) is 16.4.